The summed E-state index contributed by atoms with van der Waals surface area (Å²) in [7, 11) is 1.37. The van der Waals surface area contributed by atoms with Gasteiger partial charge in [0.05, 0.1) is 37.2 Å². The predicted octanol–water partition coefficient (Wildman–Crippen LogP) is 5.81. The van der Waals surface area contributed by atoms with Crippen molar-refractivity contribution >= 4 is 17.6 Å². The molecule has 4 rings (SSSR count). The SMILES string of the molecule is C=Cc1nc(OCC)n(Cc2ccc(-c3ccccc3-c3nn[nH]n3)cc2)c1/C(=C\CC)C(=O)OC.CC. The summed E-state index contributed by atoms with van der Waals surface area (Å²) < 4.78 is 12.8. The molecule has 0 saturated carbocycles. The van der Waals surface area contributed by atoms with Crippen molar-refractivity contribution in [2.45, 2.75) is 40.7 Å². The van der Waals surface area contributed by atoms with Crippen molar-refractivity contribution in [1.29, 1.82) is 0 Å². The van der Waals surface area contributed by atoms with Crippen LogP contribution in [-0.4, -0.2) is 49.9 Å². The molecule has 0 bridgehead atoms. The van der Waals surface area contributed by atoms with Gasteiger partial charge >= 0.3 is 5.97 Å². The molecule has 0 amide bonds. The van der Waals surface area contributed by atoms with Gasteiger partial charge in [-0.3, -0.25) is 4.57 Å². The molecule has 9 nitrogen and oxygen atoms in total. The Hall–Kier alpha value is -4.53. The maximum atomic E-state index is 12.6. The standard InChI is InChI=1S/C27H28N6O3.C2H6/c1-5-10-22(26(34)35-4)24-23(6-2)28-27(36-7-3)33(24)17-18-13-15-19(16-14-18)20-11-8-9-12-21(20)25-29-31-32-30-25;1-2/h6,8-16H,2,5,7,17H2,1,3-4H3,(H,29,30,31,32);1-2H3/b22-10+;. The number of imidazole rings is 1. The smallest absolute Gasteiger partial charge is 0.339 e. The van der Waals surface area contributed by atoms with Crippen molar-refractivity contribution in [3.8, 4) is 28.5 Å². The minimum Gasteiger partial charge on any atom is -0.465 e. The summed E-state index contributed by atoms with van der Waals surface area (Å²) in [6.45, 7) is 12.6. The van der Waals surface area contributed by atoms with Gasteiger partial charge in [-0.1, -0.05) is 82.0 Å². The number of tetrazole rings is 1. The van der Waals surface area contributed by atoms with Gasteiger partial charge in [0.25, 0.3) is 6.01 Å². The lowest BCUT2D eigenvalue weighted by Crippen LogP contribution is -2.13. The highest BCUT2D eigenvalue weighted by molar-refractivity contribution is 6.16. The highest BCUT2D eigenvalue weighted by Gasteiger charge is 2.24. The fraction of sp³-hybridized carbons (Fsp3) is 0.276. The van der Waals surface area contributed by atoms with Crippen LogP contribution in [-0.2, 0) is 16.1 Å². The van der Waals surface area contributed by atoms with Crippen LogP contribution >= 0.6 is 0 Å². The largest absolute Gasteiger partial charge is 0.465 e. The lowest BCUT2D eigenvalue weighted by atomic mass is 9.98. The van der Waals surface area contributed by atoms with E-state index in [1.54, 1.807) is 6.08 Å². The number of esters is 1. The zero-order valence-electron chi connectivity index (χ0n) is 22.6. The predicted molar refractivity (Wildman–Crippen MR) is 149 cm³/mol. The van der Waals surface area contributed by atoms with Crippen LogP contribution in [0.15, 0.2) is 61.2 Å². The average molecular weight is 515 g/mol. The van der Waals surface area contributed by atoms with E-state index >= 15 is 0 Å². The summed E-state index contributed by atoms with van der Waals surface area (Å²) in [6, 6.07) is 16.5. The van der Waals surface area contributed by atoms with E-state index in [9.17, 15) is 4.79 Å². The number of hydrogen-bond acceptors (Lipinski definition) is 7. The first-order chi connectivity index (χ1) is 18.6. The third kappa shape index (κ3) is 6.05. The van der Waals surface area contributed by atoms with E-state index in [0.717, 1.165) is 22.3 Å². The van der Waals surface area contributed by atoms with Crippen molar-refractivity contribution in [3.05, 3.63) is 78.1 Å². The second-order valence-electron chi connectivity index (χ2n) is 7.85. The molecule has 0 aliphatic carbocycles. The van der Waals surface area contributed by atoms with Crippen molar-refractivity contribution < 1.29 is 14.3 Å². The van der Waals surface area contributed by atoms with E-state index in [-0.39, 0.29) is 0 Å². The monoisotopic (exact) mass is 514 g/mol. The van der Waals surface area contributed by atoms with Crippen LogP contribution in [0.1, 0.15) is 51.1 Å². The number of carbonyl (C=O) groups is 1. The minimum absolute atomic E-state index is 0.417. The third-order valence-corrected chi connectivity index (χ3v) is 5.61. The molecule has 0 aliphatic heterocycles. The summed E-state index contributed by atoms with van der Waals surface area (Å²) in [6.07, 6.45) is 4.11. The van der Waals surface area contributed by atoms with E-state index in [1.807, 2.05) is 86.9 Å². The molecule has 0 unspecified atom stereocenters. The molecule has 0 fully saturated rings. The van der Waals surface area contributed by atoms with E-state index in [2.05, 4.69) is 32.2 Å². The number of benzene rings is 2. The average Bonchev–Trinajstić information content (AvgIpc) is 3.62. The van der Waals surface area contributed by atoms with Crippen LogP contribution in [0.25, 0.3) is 34.2 Å². The number of hydrogen-bond donors (Lipinski definition) is 1. The highest BCUT2D eigenvalue weighted by atomic mass is 16.5. The van der Waals surface area contributed by atoms with Crippen LogP contribution in [0, 0.1) is 0 Å². The second-order valence-corrected chi connectivity index (χ2v) is 7.85. The third-order valence-electron chi connectivity index (χ3n) is 5.61. The van der Waals surface area contributed by atoms with Crippen molar-refractivity contribution in [2.75, 3.05) is 13.7 Å². The number of rotatable bonds is 10. The Labute approximate surface area is 223 Å². The van der Waals surface area contributed by atoms with Gasteiger partial charge < -0.3 is 9.47 Å². The van der Waals surface area contributed by atoms with Gasteiger partial charge in [0, 0.05) is 5.56 Å². The number of nitrogens with zero attached hydrogens (tertiary/aromatic N) is 5. The van der Waals surface area contributed by atoms with Crippen LogP contribution in [0.2, 0.25) is 0 Å². The summed E-state index contributed by atoms with van der Waals surface area (Å²) >= 11 is 0. The molecular weight excluding hydrogens is 480 g/mol. The van der Waals surface area contributed by atoms with Gasteiger partial charge in [0.1, 0.15) is 0 Å². The number of carbonyl (C=O) groups excluding carboxylic acids is 1. The topological polar surface area (TPSA) is 108 Å². The molecule has 0 aliphatic rings. The number of methoxy groups -OCH3 is 1. The van der Waals surface area contributed by atoms with Crippen LogP contribution in [0.4, 0.5) is 0 Å². The normalized spacial score (nSPS) is 10.9. The van der Waals surface area contributed by atoms with Crippen LogP contribution < -0.4 is 4.74 Å². The molecule has 198 valence electrons. The summed E-state index contributed by atoms with van der Waals surface area (Å²) in [5.74, 6) is 0.103. The maximum Gasteiger partial charge on any atom is 0.339 e. The summed E-state index contributed by atoms with van der Waals surface area (Å²) in [4.78, 5) is 17.2. The fourth-order valence-corrected chi connectivity index (χ4v) is 4.03. The van der Waals surface area contributed by atoms with E-state index in [0.29, 0.717) is 48.4 Å². The molecule has 0 saturated heterocycles. The van der Waals surface area contributed by atoms with E-state index < -0.39 is 5.97 Å². The Morgan fingerprint density at radius 2 is 1.79 bits per heavy atom. The Morgan fingerprint density at radius 1 is 1.08 bits per heavy atom. The minimum atomic E-state index is -0.433. The van der Waals surface area contributed by atoms with Gasteiger partial charge in [0.2, 0.25) is 5.82 Å². The molecular formula is C29H34N6O3. The molecule has 4 aromatic rings. The van der Waals surface area contributed by atoms with E-state index in [4.69, 9.17) is 9.47 Å². The Kier molecular flexibility index (Phi) is 10.1. The Morgan fingerprint density at radius 3 is 2.37 bits per heavy atom. The Balaban J connectivity index is 0.00000195. The molecule has 2 aromatic heterocycles. The summed E-state index contributed by atoms with van der Waals surface area (Å²) in [5.41, 5.74) is 5.52. The van der Waals surface area contributed by atoms with Gasteiger partial charge in [-0.05, 0) is 41.3 Å². The lowest BCUT2D eigenvalue weighted by molar-refractivity contribution is -0.133. The number of aromatic amines is 1. The van der Waals surface area contributed by atoms with Crippen LogP contribution in [0.5, 0.6) is 6.01 Å². The number of aromatic nitrogens is 6. The zero-order valence-corrected chi connectivity index (χ0v) is 22.6. The number of allylic oxidation sites excluding steroid dienone is 1. The maximum absolute atomic E-state index is 12.6. The molecule has 1 N–H and O–H groups in total. The van der Waals surface area contributed by atoms with Crippen molar-refractivity contribution in [3.63, 3.8) is 0 Å². The first-order valence-electron chi connectivity index (χ1n) is 12.7. The van der Waals surface area contributed by atoms with E-state index in [1.165, 1.54) is 7.11 Å². The van der Waals surface area contributed by atoms with Crippen molar-refractivity contribution in [2.24, 2.45) is 0 Å². The van der Waals surface area contributed by atoms with Gasteiger partial charge in [0.15, 0.2) is 0 Å². The molecule has 2 aromatic carbocycles. The summed E-state index contributed by atoms with van der Waals surface area (Å²) in [5, 5.41) is 14.4. The lowest BCUT2D eigenvalue weighted by Gasteiger charge is -2.14. The van der Waals surface area contributed by atoms with Gasteiger partial charge in [-0.25, -0.2) is 4.79 Å². The molecule has 0 radical (unpaired) electrons. The van der Waals surface area contributed by atoms with Crippen molar-refractivity contribution in [1.82, 2.24) is 30.2 Å². The number of nitrogens with one attached hydrogen (secondary N) is 1. The number of H-pyrrole nitrogens is 1. The molecule has 9 heteroatoms. The van der Waals surface area contributed by atoms with Gasteiger partial charge in [-0.2, -0.15) is 10.2 Å². The number of ether oxygens (including phenoxy) is 2. The first-order valence-corrected chi connectivity index (χ1v) is 12.7. The Bertz CT molecular complexity index is 1370. The first kappa shape index (κ1) is 28.0. The highest BCUT2D eigenvalue weighted by Crippen LogP contribution is 2.31. The van der Waals surface area contributed by atoms with Crippen LogP contribution in [0.3, 0.4) is 0 Å². The zero-order chi connectivity index (χ0) is 27.5. The molecule has 38 heavy (non-hydrogen) atoms. The fourth-order valence-electron chi connectivity index (χ4n) is 4.03. The molecule has 2 heterocycles. The van der Waals surface area contributed by atoms with Gasteiger partial charge in [-0.15, -0.1) is 10.2 Å². The molecule has 0 atom stereocenters. The molecule has 0 spiro atoms. The second kappa shape index (κ2) is 13.7. The quantitative estimate of drug-likeness (QED) is 0.210.